The number of benzene rings is 1. The summed E-state index contributed by atoms with van der Waals surface area (Å²) < 4.78 is 32.2. The van der Waals surface area contributed by atoms with Crippen LogP contribution in [-0.2, 0) is 11.2 Å². The molecule has 3 aromatic rings. The van der Waals surface area contributed by atoms with Gasteiger partial charge in [0.05, 0.1) is 17.0 Å². The first-order valence-electron chi connectivity index (χ1n) is 11.2. The number of halogens is 2. The van der Waals surface area contributed by atoms with Crippen LogP contribution >= 0.6 is 0 Å². The van der Waals surface area contributed by atoms with E-state index in [9.17, 15) is 9.59 Å². The molecule has 33 heavy (non-hydrogen) atoms. The van der Waals surface area contributed by atoms with Crippen LogP contribution < -0.4 is 10.6 Å². The van der Waals surface area contributed by atoms with E-state index in [4.69, 9.17) is 0 Å². The number of fused-ring (bicyclic) bond motifs is 1. The van der Waals surface area contributed by atoms with E-state index >= 15 is 8.78 Å². The molecule has 2 aromatic heterocycles. The molecule has 1 aromatic carbocycles. The van der Waals surface area contributed by atoms with Crippen molar-refractivity contribution in [2.75, 3.05) is 7.05 Å². The molecule has 6 nitrogen and oxygen atoms in total. The van der Waals surface area contributed by atoms with Crippen LogP contribution in [-0.4, -0.2) is 34.3 Å². The summed E-state index contributed by atoms with van der Waals surface area (Å²) in [6.45, 7) is 3.45. The first-order chi connectivity index (χ1) is 15.8. The van der Waals surface area contributed by atoms with Crippen LogP contribution in [0.4, 0.5) is 8.78 Å². The molecular weight excluding hydrogens is 426 g/mol. The number of rotatable bonds is 5. The molecule has 0 bridgehead atoms. The highest BCUT2D eigenvalue weighted by atomic mass is 19.1. The van der Waals surface area contributed by atoms with Crippen molar-refractivity contribution in [1.29, 1.82) is 0 Å². The molecule has 0 saturated heterocycles. The maximum absolute atomic E-state index is 15.1. The van der Waals surface area contributed by atoms with Crippen LogP contribution in [0, 0.1) is 24.5 Å². The molecule has 1 fully saturated rings. The first kappa shape index (κ1) is 22.9. The molecule has 0 unspecified atom stereocenters. The highest BCUT2D eigenvalue weighted by Gasteiger charge is 2.28. The van der Waals surface area contributed by atoms with Crippen LogP contribution in [0.15, 0.2) is 30.5 Å². The van der Waals surface area contributed by atoms with E-state index < -0.39 is 17.5 Å². The van der Waals surface area contributed by atoms with E-state index in [-0.39, 0.29) is 34.7 Å². The summed E-state index contributed by atoms with van der Waals surface area (Å²) in [5.74, 6) is -2.01. The topological polar surface area (TPSA) is 75.5 Å². The smallest absolute Gasteiger partial charge is 0.251 e. The Balaban J connectivity index is 1.78. The highest BCUT2D eigenvalue weighted by molar-refractivity contribution is 5.94. The van der Waals surface area contributed by atoms with Crippen molar-refractivity contribution >= 4 is 17.5 Å². The van der Waals surface area contributed by atoms with Crippen LogP contribution in [0.3, 0.4) is 0 Å². The average molecular weight is 455 g/mol. The van der Waals surface area contributed by atoms with E-state index in [2.05, 4.69) is 15.6 Å². The molecule has 0 radical (unpaired) electrons. The molecule has 2 atom stereocenters. The van der Waals surface area contributed by atoms with Gasteiger partial charge in [0.15, 0.2) is 0 Å². The quantitative estimate of drug-likeness (QED) is 0.607. The normalized spacial score (nSPS) is 18.3. The van der Waals surface area contributed by atoms with Gasteiger partial charge in [-0.3, -0.25) is 9.59 Å². The molecular formula is C25H28F2N4O2. The van der Waals surface area contributed by atoms with Gasteiger partial charge in [-0.15, -0.1) is 0 Å². The molecule has 1 aliphatic carbocycles. The van der Waals surface area contributed by atoms with Gasteiger partial charge in [-0.05, 0) is 68.4 Å². The van der Waals surface area contributed by atoms with Crippen molar-refractivity contribution in [1.82, 2.24) is 20.0 Å². The molecule has 2 amide bonds. The van der Waals surface area contributed by atoms with Crippen molar-refractivity contribution in [2.24, 2.45) is 5.92 Å². The molecule has 1 aliphatic rings. The fraction of sp³-hybridized carbons (Fsp3) is 0.400. The minimum Gasteiger partial charge on any atom is -0.355 e. The molecule has 2 N–H and O–H groups in total. The van der Waals surface area contributed by atoms with Gasteiger partial charge in [-0.1, -0.05) is 6.42 Å². The third kappa shape index (κ3) is 4.74. The van der Waals surface area contributed by atoms with Crippen molar-refractivity contribution in [3.8, 4) is 11.3 Å². The van der Waals surface area contributed by atoms with E-state index in [0.29, 0.717) is 12.1 Å². The third-order valence-electron chi connectivity index (χ3n) is 6.32. The van der Waals surface area contributed by atoms with Gasteiger partial charge in [0.2, 0.25) is 5.91 Å². The van der Waals surface area contributed by atoms with Gasteiger partial charge in [-0.2, -0.15) is 0 Å². The number of carbonyl (C=O) groups excluding carboxylic acids is 2. The standard InChI is InChI=1S/C25H28F2N4O2/c1-14-7-8-31-21(11-16-5-4-6-18(10-16)29-15(2)32)24(30-22(31)9-14)23-19(26)12-17(13-20(23)27)25(33)28-3/h7-9,12-13,16,18H,4-6,10-11H2,1-3H3,(H,28,33)(H,29,32)/t16-,18-/m1/s1. The summed E-state index contributed by atoms with van der Waals surface area (Å²) in [6.07, 6.45) is 6.13. The highest BCUT2D eigenvalue weighted by Crippen LogP contribution is 2.35. The zero-order valence-corrected chi connectivity index (χ0v) is 19.0. The van der Waals surface area contributed by atoms with Crippen molar-refractivity contribution in [3.05, 3.63) is 58.9 Å². The van der Waals surface area contributed by atoms with Crippen LogP contribution in [0.5, 0.6) is 0 Å². The fourth-order valence-corrected chi connectivity index (χ4v) is 4.84. The number of carbonyl (C=O) groups is 2. The van der Waals surface area contributed by atoms with Gasteiger partial charge in [-0.25, -0.2) is 13.8 Å². The Morgan fingerprint density at radius 1 is 1.18 bits per heavy atom. The van der Waals surface area contributed by atoms with Gasteiger partial charge in [0.25, 0.3) is 5.91 Å². The molecule has 174 valence electrons. The second-order valence-electron chi connectivity index (χ2n) is 8.87. The maximum atomic E-state index is 15.1. The summed E-state index contributed by atoms with van der Waals surface area (Å²) in [4.78, 5) is 28.0. The Hall–Kier alpha value is -3.29. The Morgan fingerprint density at radius 3 is 2.58 bits per heavy atom. The third-order valence-corrected chi connectivity index (χ3v) is 6.32. The zero-order chi connectivity index (χ0) is 23.7. The fourth-order valence-electron chi connectivity index (χ4n) is 4.84. The Kier molecular flexibility index (Phi) is 6.44. The summed E-state index contributed by atoms with van der Waals surface area (Å²) in [5, 5.41) is 5.39. The lowest BCUT2D eigenvalue weighted by Gasteiger charge is -2.29. The molecule has 1 saturated carbocycles. The van der Waals surface area contributed by atoms with Crippen LogP contribution in [0.25, 0.3) is 16.9 Å². The number of imidazole rings is 1. The van der Waals surface area contributed by atoms with Crippen molar-refractivity contribution in [2.45, 2.75) is 52.0 Å². The van der Waals surface area contributed by atoms with E-state index in [1.165, 1.54) is 14.0 Å². The number of hydrogen-bond acceptors (Lipinski definition) is 3. The number of hydrogen-bond donors (Lipinski definition) is 2. The molecule has 0 aliphatic heterocycles. The zero-order valence-electron chi connectivity index (χ0n) is 19.0. The number of pyridine rings is 1. The molecule has 0 spiro atoms. The Labute approximate surface area is 191 Å². The second kappa shape index (κ2) is 9.29. The lowest BCUT2D eigenvalue weighted by molar-refractivity contribution is -0.119. The molecule has 8 heteroatoms. The summed E-state index contributed by atoms with van der Waals surface area (Å²) in [7, 11) is 1.41. The largest absolute Gasteiger partial charge is 0.355 e. The summed E-state index contributed by atoms with van der Waals surface area (Å²) in [6, 6.07) is 6.01. The monoisotopic (exact) mass is 454 g/mol. The predicted octanol–water partition coefficient (Wildman–Crippen LogP) is 4.18. The van der Waals surface area contributed by atoms with E-state index in [0.717, 1.165) is 49.1 Å². The number of aryl methyl sites for hydroxylation is 1. The van der Waals surface area contributed by atoms with Crippen molar-refractivity contribution in [3.63, 3.8) is 0 Å². The van der Waals surface area contributed by atoms with Crippen molar-refractivity contribution < 1.29 is 18.4 Å². The van der Waals surface area contributed by atoms with E-state index in [1.807, 2.05) is 29.7 Å². The lowest BCUT2D eigenvalue weighted by atomic mass is 9.82. The summed E-state index contributed by atoms with van der Waals surface area (Å²) >= 11 is 0. The number of nitrogens with zero attached hydrogens (tertiary/aromatic N) is 2. The minimum absolute atomic E-state index is 0.0491. The van der Waals surface area contributed by atoms with Gasteiger partial charge in [0.1, 0.15) is 17.3 Å². The number of aromatic nitrogens is 2. The van der Waals surface area contributed by atoms with Crippen LogP contribution in [0.1, 0.15) is 54.2 Å². The average Bonchev–Trinajstić information content (AvgIpc) is 3.09. The molecule has 4 rings (SSSR count). The summed E-state index contributed by atoms with van der Waals surface area (Å²) in [5.41, 5.74) is 2.27. The van der Waals surface area contributed by atoms with Gasteiger partial charge < -0.3 is 15.0 Å². The SMILES string of the molecule is CNC(=O)c1cc(F)c(-c2nc3cc(C)ccn3c2C[C@@H]2CCC[C@@H](NC(C)=O)C2)c(F)c1. The number of nitrogens with one attached hydrogen (secondary N) is 2. The van der Waals surface area contributed by atoms with Gasteiger partial charge in [0, 0.05) is 31.8 Å². The Bertz CT molecular complexity index is 1200. The molecule has 2 heterocycles. The number of amides is 2. The lowest BCUT2D eigenvalue weighted by Crippen LogP contribution is -2.37. The van der Waals surface area contributed by atoms with Crippen LogP contribution in [0.2, 0.25) is 0 Å². The Morgan fingerprint density at radius 2 is 1.91 bits per heavy atom. The minimum atomic E-state index is -0.824. The second-order valence-corrected chi connectivity index (χ2v) is 8.87. The van der Waals surface area contributed by atoms with E-state index in [1.54, 1.807) is 0 Å². The first-order valence-corrected chi connectivity index (χ1v) is 11.2. The maximum Gasteiger partial charge on any atom is 0.251 e. The predicted molar refractivity (Wildman–Crippen MR) is 122 cm³/mol. The van der Waals surface area contributed by atoms with Gasteiger partial charge >= 0.3 is 0 Å².